The molecule has 10 heteroatoms. The highest BCUT2D eigenvalue weighted by Crippen LogP contribution is 2.25. The van der Waals surface area contributed by atoms with Gasteiger partial charge in [0.05, 0.1) is 6.54 Å². The average molecular weight is 347 g/mol. The van der Waals surface area contributed by atoms with E-state index in [-0.39, 0.29) is 10.7 Å². The average Bonchev–Trinajstić information content (AvgIpc) is 3.17. The minimum absolute atomic E-state index is 0.235. The lowest BCUT2D eigenvalue weighted by Gasteiger charge is -2.06. The van der Waals surface area contributed by atoms with E-state index >= 15 is 0 Å². The molecule has 0 bridgehead atoms. The molecule has 9 nitrogen and oxygen atoms in total. The number of hydrogen-bond acceptors (Lipinski definition) is 5. The van der Waals surface area contributed by atoms with Crippen molar-refractivity contribution in [2.75, 3.05) is 5.32 Å². The number of anilines is 1. The number of benzene rings is 1. The van der Waals surface area contributed by atoms with Gasteiger partial charge in [-0.05, 0) is 28.7 Å². The van der Waals surface area contributed by atoms with Gasteiger partial charge in [-0.25, -0.2) is 0 Å². The van der Waals surface area contributed by atoms with Gasteiger partial charge in [0.25, 0.3) is 5.91 Å². The number of halogens is 1. The fourth-order valence-corrected chi connectivity index (χ4v) is 2.35. The summed E-state index contributed by atoms with van der Waals surface area (Å²) in [6.45, 7) is 0.547. The molecular formula is C14H11ClN6O3. The van der Waals surface area contributed by atoms with Gasteiger partial charge in [0.2, 0.25) is 0 Å². The highest BCUT2D eigenvalue weighted by Gasteiger charge is 2.25. The molecule has 0 aliphatic carbocycles. The molecule has 3 aromatic rings. The molecule has 0 spiro atoms. The summed E-state index contributed by atoms with van der Waals surface area (Å²) in [5.74, 6) is -1.16. The Balaban J connectivity index is 1.76. The monoisotopic (exact) mass is 346 g/mol. The molecule has 2 aromatic heterocycles. The number of carbonyl (C=O) groups is 1. The predicted molar refractivity (Wildman–Crippen MR) is 86.0 cm³/mol. The number of carbonyl (C=O) groups excluding carboxylic acids is 1. The van der Waals surface area contributed by atoms with Crippen molar-refractivity contribution in [1.82, 2.24) is 20.0 Å². The van der Waals surface area contributed by atoms with Crippen LogP contribution in [-0.2, 0) is 6.54 Å². The molecule has 2 N–H and O–H groups in total. The number of aromatic amines is 1. The molecule has 0 radical (unpaired) electrons. The Kier molecular flexibility index (Phi) is 4.25. The van der Waals surface area contributed by atoms with Crippen molar-refractivity contribution in [2.24, 2.45) is 0 Å². The minimum atomic E-state index is -0.739. The molecule has 0 saturated heterocycles. The topological polar surface area (TPSA) is 119 Å². The number of nitro groups is 1. The van der Waals surface area contributed by atoms with Gasteiger partial charge in [0, 0.05) is 18.1 Å². The fourth-order valence-electron chi connectivity index (χ4n) is 2.11. The van der Waals surface area contributed by atoms with Crippen LogP contribution in [0.2, 0.25) is 5.02 Å². The van der Waals surface area contributed by atoms with E-state index in [0.717, 1.165) is 5.56 Å². The summed E-state index contributed by atoms with van der Waals surface area (Å²) in [7, 11) is 0. The van der Waals surface area contributed by atoms with Crippen molar-refractivity contribution in [3.05, 3.63) is 69.1 Å². The summed E-state index contributed by atoms with van der Waals surface area (Å²) in [5, 5.41) is 22.8. The third kappa shape index (κ3) is 3.25. The largest absolute Gasteiger partial charge is 0.362 e. The van der Waals surface area contributed by atoms with E-state index in [4.69, 9.17) is 11.6 Å². The normalized spacial score (nSPS) is 10.5. The number of hydrogen-bond donors (Lipinski definition) is 2. The maximum atomic E-state index is 12.2. The van der Waals surface area contributed by atoms with Crippen LogP contribution in [0.15, 0.2) is 42.7 Å². The van der Waals surface area contributed by atoms with E-state index in [1.807, 2.05) is 18.3 Å². The lowest BCUT2D eigenvalue weighted by molar-refractivity contribution is -0.389. The van der Waals surface area contributed by atoms with Crippen LogP contribution in [-0.4, -0.2) is 30.8 Å². The molecule has 1 aromatic carbocycles. The summed E-state index contributed by atoms with van der Waals surface area (Å²) in [6.07, 6.45) is 3.51. The Morgan fingerprint density at radius 1 is 1.42 bits per heavy atom. The van der Waals surface area contributed by atoms with Gasteiger partial charge >= 0.3 is 5.82 Å². The maximum absolute atomic E-state index is 12.2. The van der Waals surface area contributed by atoms with Crippen molar-refractivity contribution in [3.8, 4) is 0 Å². The number of rotatable bonds is 5. The molecule has 1 amide bonds. The van der Waals surface area contributed by atoms with Crippen molar-refractivity contribution in [3.63, 3.8) is 0 Å². The zero-order chi connectivity index (χ0) is 17.1. The molecule has 2 heterocycles. The molecular weight excluding hydrogens is 336 g/mol. The Hall–Kier alpha value is -3.20. The summed E-state index contributed by atoms with van der Waals surface area (Å²) < 4.78 is 1.74. The zero-order valence-corrected chi connectivity index (χ0v) is 12.9. The first-order valence-corrected chi connectivity index (χ1v) is 7.18. The first-order valence-electron chi connectivity index (χ1n) is 6.80. The Morgan fingerprint density at radius 2 is 2.25 bits per heavy atom. The van der Waals surface area contributed by atoms with Gasteiger partial charge in [-0.3, -0.25) is 9.48 Å². The standard InChI is InChI=1S/C14H11ClN6O3/c15-11-12(18-19-13(11)21(23)24)14(22)17-10-4-1-3-9(7-10)8-20-6-2-5-16-20/h1-7H,8H2,(H,17,22)(H,18,19). The number of nitrogens with zero attached hydrogens (tertiary/aromatic N) is 4. The Bertz CT molecular complexity index is 890. The summed E-state index contributed by atoms with van der Waals surface area (Å²) >= 11 is 5.80. The van der Waals surface area contributed by atoms with Crippen LogP contribution in [0.4, 0.5) is 11.5 Å². The second-order valence-electron chi connectivity index (χ2n) is 4.85. The molecule has 24 heavy (non-hydrogen) atoms. The van der Waals surface area contributed by atoms with Crippen molar-refractivity contribution in [2.45, 2.75) is 6.54 Å². The van der Waals surface area contributed by atoms with E-state index in [0.29, 0.717) is 12.2 Å². The van der Waals surface area contributed by atoms with E-state index in [2.05, 4.69) is 20.6 Å². The second kappa shape index (κ2) is 6.50. The van der Waals surface area contributed by atoms with Gasteiger partial charge < -0.3 is 15.4 Å². The summed E-state index contributed by atoms with van der Waals surface area (Å²) in [6, 6.07) is 8.96. The highest BCUT2D eigenvalue weighted by molar-refractivity contribution is 6.35. The molecule has 0 fully saturated rings. The van der Waals surface area contributed by atoms with Crippen LogP contribution in [0, 0.1) is 10.1 Å². The molecule has 0 saturated carbocycles. The van der Waals surface area contributed by atoms with Crippen LogP contribution >= 0.6 is 11.6 Å². The molecule has 0 aliphatic heterocycles. The summed E-state index contributed by atoms with van der Waals surface area (Å²) in [5.41, 5.74) is 1.21. The van der Waals surface area contributed by atoms with Gasteiger partial charge in [-0.2, -0.15) is 5.10 Å². The van der Waals surface area contributed by atoms with Gasteiger partial charge in [-0.1, -0.05) is 28.8 Å². The maximum Gasteiger partial charge on any atom is 0.362 e. The number of amides is 1. The SMILES string of the molecule is O=C(Nc1cccc(Cn2cccn2)c1)c1n[nH]c([N+](=O)[O-])c1Cl. The number of aromatic nitrogens is 4. The van der Waals surface area contributed by atoms with E-state index < -0.39 is 16.6 Å². The first kappa shape index (κ1) is 15.7. The minimum Gasteiger partial charge on any atom is -0.358 e. The molecule has 0 unspecified atom stereocenters. The molecule has 122 valence electrons. The van der Waals surface area contributed by atoms with E-state index in [1.54, 1.807) is 29.1 Å². The van der Waals surface area contributed by atoms with Crippen LogP contribution in [0.3, 0.4) is 0 Å². The Morgan fingerprint density at radius 3 is 2.92 bits per heavy atom. The molecule has 0 aliphatic rings. The second-order valence-corrected chi connectivity index (χ2v) is 5.23. The first-order chi connectivity index (χ1) is 11.5. The van der Waals surface area contributed by atoms with Crippen molar-refractivity contribution < 1.29 is 9.72 Å². The van der Waals surface area contributed by atoms with Crippen molar-refractivity contribution in [1.29, 1.82) is 0 Å². The van der Waals surface area contributed by atoms with E-state index in [1.165, 1.54) is 0 Å². The lowest BCUT2D eigenvalue weighted by atomic mass is 10.2. The third-order valence-corrected chi connectivity index (χ3v) is 3.53. The van der Waals surface area contributed by atoms with Crippen LogP contribution in [0.1, 0.15) is 16.1 Å². The van der Waals surface area contributed by atoms with Crippen LogP contribution in [0.5, 0.6) is 0 Å². The predicted octanol–water partition coefficient (Wildman–Crippen LogP) is 2.47. The van der Waals surface area contributed by atoms with Crippen LogP contribution in [0.25, 0.3) is 0 Å². The Labute approximate surface area is 140 Å². The lowest BCUT2D eigenvalue weighted by Crippen LogP contribution is -2.13. The van der Waals surface area contributed by atoms with Crippen LogP contribution < -0.4 is 5.32 Å². The van der Waals surface area contributed by atoms with Gasteiger partial charge in [-0.15, -0.1) is 5.10 Å². The highest BCUT2D eigenvalue weighted by atomic mass is 35.5. The third-order valence-electron chi connectivity index (χ3n) is 3.18. The smallest absolute Gasteiger partial charge is 0.358 e. The van der Waals surface area contributed by atoms with E-state index in [9.17, 15) is 14.9 Å². The van der Waals surface area contributed by atoms with Crippen molar-refractivity contribution >= 4 is 29.0 Å². The molecule has 3 rings (SSSR count). The quantitative estimate of drug-likeness (QED) is 0.543. The zero-order valence-electron chi connectivity index (χ0n) is 12.1. The van der Waals surface area contributed by atoms with Gasteiger partial charge in [0.15, 0.2) is 10.7 Å². The number of H-pyrrole nitrogens is 1. The fraction of sp³-hybridized carbons (Fsp3) is 0.0714. The molecule has 0 atom stereocenters. The van der Waals surface area contributed by atoms with Gasteiger partial charge in [0.1, 0.15) is 0 Å². The number of nitrogens with one attached hydrogen (secondary N) is 2. The summed E-state index contributed by atoms with van der Waals surface area (Å²) in [4.78, 5) is 22.2.